The first kappa shape index (κ1) is 19.1. The van der Waals surface area contributed by atoms with Gasteiger partial charge in [-0.1, -0.05) is 18.2 Å². The molecule has 0 bridgehead atoms. The van der Waals surface area contributed by atoms with Crippen molar-refractivity contribution in [1.82, 2.24) is 5.32 Å². The van der Waals surface area contributed by atoms with Crippen LogP contribution >= 0.6 is 0 Å². The van der Waals surface area contributed by atoms with E-state index in [9.17, 15) is 9.59 Å². The Morgan fingerprint density at radius 2 is 1.67 bits per heavy atom. The molecule has 0 saturated heterocycles. The smallest absolute Gasteiger partial charge is 0.227 e. The van der Waals surface area contributed by atoms with E-state index in [4.69, 9.17) is 6.42 Å². The predicted molar refractivity (Wildman–Crippen MR) is 104 cm³/mol. The normalized spacial score (nSPS) is 22.5. The number of para-hydroxylation sites is 1. The van der Waals surface area contributed by atoms with Gasteiger partial charge in [-0.2, -0.15) is 10.2 Å². The summed E-state index contributed by atoms with van der Waals surface area (Å²) < 4.78 is 0. The van der Waals surface area contributed by atoms with Gasteiger partial charge in [0.25, 0.3) is 0 Å². The molecule has 6 heteroatoms. The second kappa shape index (κ2) is 8.81. The zero-order valence-electron chi connectivity index (χ0n) is 15.5. The second-order valence-corrected chi connectivity index (χ2v) is 7.33. The van der Waals surface area contributed by atoms with Crippen molar-refractivity contribution in [2.75, 3.05) is 11.9 Å². The van der Waals surface area contributed by atoms with Crippen molar-refractivity contribution in [3.63, 3.8) is 0 Å². The Morgan fingerprint density at radius 1 is 1.04 bits per heavy atom. The molecule has 2 amide bonds. The number of hydrogen-bond acceptors (Lipinski definition) is 4. The first-order valence-electron chi connectivity index (χ1n) is 9.63. The van der Waals surface area contributed by atoms with Crippen LogP contribution in [0.3, 0.4) is 0 Å². The summed E-state index contributed by atoms with van der Waals surface area (Å²) in [5.41, 5.74) is 0.462. The molecule has 0 radical (unpaired) electrons. The number of amides is 2. The van der Waals surface area contributed by atoms with E-state index in [0.29, 0.717) is 19.4 Å². The van der Waals surface area contributed by atoms with E-state index in [1.54, 1.807) is 0 Å². The van der Waals surface area contributed by atoms with Crippen molar-refractivity contribution in [3.05, 3.63) is 30.3 Å². The molecule has 1 aliphatic heterocycles. The van der Waals surface area contributed by atoms with Gasteiger partial charge >= 0.3 is 0 Å². The average Bonchev–Trinajstić information content (AvgIpc) is 3.47. The maximum atomic E-state index is 12.4. The molecule has 1 fully saturated rings. The lowest BCUT2D eigenvalue weighted by molar-refractivity contribution is -0.128. The van der Waals surface area contributed by atoms with Crippen LogP contribution in [0, 0.1) is 24.2 Å². The van der Waals surface area contributed by atoms with Gasteiger partial charge in [0.05, 0.1) is 0 Å². The molecule has 2 aliphatic rings. The van der Waals surface area contributed by atoms with Crippen LogP contribution in [0.25, 0.3) is 0 Å². The van der Waals surface area contributed by atoms with Crippen LogP contribution < -0.4 is 10.6 Å². The molecule has 0 atom stereocenters. The number of benzene rings is 1. The third kappa shape index (κ3) is 5.40. The quantitative estimate of drug-likeness (QED) is 0.690. The second-order valence-electron chi connectivity index (χ2n) is 7.33. The van der Waals surface area contributed by atoms with E-state index in [1.807, 2.05) is 30.3 Å². The summed E-state index contributed by atoms with van der Waals surface area (Å²) in [6.45, 7) is 0.560. The van der Waals surface area contributed by atoms with Gasteiger partial charge in [-0.05, 0) is 37.8 Å². The zero-order valence-corrected chi connectivity index (χ0v) is 15.5. The van der Waals surface area contributed by atoms with Crippen LogP contribution in [0.15, 0.2) is 40.6 Å². The van der Waals surface area contributed by atoms with Gasteiger partial charge in [0.2, 0.25) is 11.8 Å². The molecule has 0 unspecified atom stereocenters. The minimum Gasteiger partial charge on any atom is -0.356 e. The Balaban J connectivity index is 1.35. The zero-order chi connectivity index (χ0) is 19.1. The van der Waals surface area contributed by atoms with Gasteiger partial charge in [-0.15, -0.1) is 12.3 Å². The number of carbonyl (C=O) groups excluding carboxylic acids is 2. The first-order chi connectivity index (χ1) is 13.1. The molecule has 6 nitrogen and oxygen atoms in total. The highest BCUT2D eigenvalue weighted by Crippen LogP contribution is 2.36. The first-order valence-corrected chi connectivity index (χ1v) is 9.63. The maximum absolute atomic E-state index is 12.4. The molecule has 1 aromatic carbocycles. The van der Waals surface area contributed by atoms with E-state index in [-0.39, 0.29) is 29.3 Å². The van der Waals surface area contributed by atoms with Crippen molar-refractivity contribution in [1.29, 1.82) is 0 Å². The highest BCUT2D eigenvalue weighted by Gasteiger charge is 2.39. The molecule has 2 N–H and O–H groups in total. The summed E-state index contributed by atoms with van der Waals surface area (Å²) in [6, 6.07) is 9.48. The predicted octanol–water partition coefficient (Wildman–Crippen LogP) is 3.51. The fourth-order valence-corrected chi connectivity index (χ4v) is 3.58. The summed E-state index contributed by atoms with van der Waals surface area (Å²) >= 11 is 0. The lowest BCUT2D eigenvalue weighted by Crippen LogP contribution is -2.37. The molecule has 142 valence electrons. The minimum atomic E-state index is -0.354. The molecule has 1 saturated carbocycles. The van der Waals surface area contributed by atoms with Gasteiger partial charge in [-0.3, -0.25) is 9.59 Å². The third-order valence-electron chi connectivity index (χ3n) is 5.39. The number of nitrogens with one attached hydrogen (secondary N) is 2. The topological polar surface area (TPSA) is 82.9 Å². The molecule has 27 heavy (non-hydrogen) atoms. The standard InChI is InChI=1S/C21H26N4O2/c1-2-3-13-21(24-25-21)14-15-22-19(26)16-9-11-17(12-10-16)20(27)23-18-7-5-4-6-8-18/h1,4-8,16-17H,3,9-15H2,(H,22,26)(H,23,27). The summed E-state index contributed by atoms with van der Waals surface area (Å²) in [5, 5.41) is 14.1. The Morgan fingerprint density at radius 3 is 2.26 bits per heavy atom. The Kier molecular flexibility index (Phi) is 6.23. The van der Waals surface area contributed by atoms with Crippen molar-refractivity contribution < 1.29 is 9.59 Å². The lowest BCUT2D eigenvalue weighted by Gasteiger charge is -2.27. The van der Waals surface area contributed by atoms with Gasteiger partial charge in [0.1, 0.15) is 0 Å². The van der Waals surface area contributed by atoms with Crippen LogP contribution in [0.2, 0.25) is 0 Å². The Bertz CT molecular complexity index is 724. The van der Waals surface area contributed by atoms with E-state index < -0.39 is 0 Å². The van der Waals surface area contributed by atoms with Gasteiger partial charge < -0.3 is 10.6 Å². The van der Waals surface area contributed by atoms with Gasteiger partial charge in [0, 0.05) is 43.3 Å². The number of hydrogen-bond donors (Lipinski definition) is 2. The lowest BCUT2D eigenvalue weighted by atomic mass is 9.81. The number of carbonyl (C=O) groups is 2. The van der Waals surface area contributed by atoms with E-state index in [2.05, 4.69) is 26.8 Å². The van der Waals surface area contributed by atoms with Crippen LogP contribution in [-0.4, -0.2) is 24.0 Å². The Labute approximate surface area is 160 Å². The van der Waals surface area contributed by atoms with Gasteiger partial charge in [0.15, 0.2) is 5.66 Å². The van der Waals surface area contributed by atoms with Crippen LogP contribution in [0.5, 0.6) is 0 Å². The molecular weight excluding hydrogens is 340 g/mol. The van der Waals surface area contributed by atoms with Crippen LogP contribution in [0.4, 0.5) is 5.69 Å². The number of anilines is 1. The average molecular weight is 366 g/mol. The summed E-state index contributed by atoms with van der Waals surface area (Å²) in [7, 11) is 0. The van der Waals surface area contributed by atoms with E-state index in [1.165, 1.54) is 0 Å². The Hall–Kier alpha value is -2.68. The maximum Gasteiger partial charge on any atom is 0.227 e. The van der Waals surface area contributed by atoms with Gasteiger partial charge in [-0.25, -0.2) is 0 Å². The molecular formula is C21H26N4O2. The monoisotopic (exact) mass is 366 g/mol. The van der Waals surface area contributed by atoms with Crippen LogP contribution in [-0.2, 0) is 9.59 Å². The van der Waals surface area contributed by atoms with Crippen molar-refractivity contribution >= 4 is 17.5 Å². The summed E-state index contributed by atoms with van der Waals surface area (Å²) in [6.07, 6.45) is 10.4. The fourth-order valence-electron chi connectivity index (χ4n) is 3.58. The van der Waals surface area contributed by atoms with E-state index >= 15 is 0 Å². The fraction of sp³-hybridized carbons (Fsp3) is 0.524. The number of rotatable bonds is 8. The summed E-state index contributed by atoms with van der Waals surface area (Å²) in [4.78, 5) is 24.8. The molecule has 1 heterocycles. The molecule has 1 aromatic rings. The highest BCUT2D eigenvalue weighted by molar-refractivity contribution is 5.92. The van der Waals surface area contributed by atoms with E-state index in [0.717, 1.165) is 37.8 Å². The molecule has 0 aromatic heterocycles. The summed E-state index contributed by atoms with van der Waals surface area (Å²) in [5.74, 6) is 2.69. The van der Waals surface area contributed by atoms with Crippen molar-refractivity contribution in [2.45, 2.75) is 50.6 Å². The molecule has 1 aliphatic carbocycles. The minimum absolute atomic E-state index is 0.0134. The molecule has 0 spiro atoms. The number of nitrogens with zero attached hydrogens (tertiary/aromatic N) is 2. The third-order valence-corrected chi connectivity index (χ3v) is 5.39. The largest absolute Gasteiger partial charge is 0.356 e. The SMILES string of the molecule is C#CCCC1(CCNC(=O)C2CCC(C(=O)Nc3ccccc3)CC2)N=N1. The van der Waals surface area contributed by atoms with Crippen molar-refractivity contribution in [3.8, 4) is 12.3 Å². The number of terminal acetylenes is 1. The molecule has 3 rings (SSSR count). The van der Waals surface area contributed by atoms with Crippen molar-refractivity contribution in [2.24, 2.45) is 22.1 Å². The highest BCUT2D eigenvalue weighted by atomic mass is 16.2. The van der Waals surface area contributed by atoms with Crippen LogP contribution in [0.1, 0.15) is 44.9 Å².